The van der Waals surface area contributed by atoms with Crippen LogP contribution in [-0.2, 0) is 25.5 Å². The van der Waals surface area contributed by atoms with Crippen LogP contribution in [0.5, 0.6) is 0 Å². The van der Waals surface area contributed by atoms with Crippen molar-refractivity contribution in [1.29, 1.82) is 0 Å². The van der Waals surface area contributed by atoms with Gasteiger partial charge >= 0.3 is 6.03 Å². The van der Waals surface area contributed by atoms with Crippen LogP contribution in [0, 0.1) is 11.2 Å². The van der Waals surface area contributed by atoms with E-state index in [0.717, 1.165) is 19.6 Å². The van der Waals surface area contributed by atoms with Gasteiger partial charge in [0.15, 0.2) is 11.2 Å². The van der Waals surface area contributed by atoms with E-state index in [9.17, 15) is 14.4 Å². The van der Waals surface area contributed by atoms with Gasteiger partial charge in [0.25, 0.3) is 0 Å². The minimum atomic E-state index is -1.74. The number of carbonyl (C=O) groups excluding carboxylic acids is 3. The Labute approximate surface area is 238 Å². The molecule has 3 atom stereocenters. The fraction of sp³-hybridized carbons (Fsp3) is 0.538. The summed E-state index contributed by atoms with van der Waals surface area (Å²) in [6, 6.07) is -0.104. The summed E-state index contributed by atoms with van der Waals surface area (Å²) in [5.74, 6) is -1.58. The number of rotatable bonds is 5. The molecule has 1 aromatic carbocycles. The fourth-order valence-corrected chi connectivity index (χ4v) is 6.76. The topological polar surface area (TPSA) is 169 Å². The minimum Gasteiger partial charge on any atom is -0.379 e. The van der Waals surface area contributed by atoms with Crippen LogP contribution in [0.1, 0.15) is 19.4 Å². The second-order valence-corrected chi connectivity index (χ2v) is 11.1. The summed E-state index contributed by atoms with van der Waals surface area (Å²) < 4.78 is 34.8. The van der Waals surface area contributed by atoms with E-state index in [0.29, 0.717) is 36.7 Å². The van der Waals surface area contributed by atoms with E-state index in [1.54, 1.807) is 17.9 Å². The molecule has 0 saturated carbocycles. The predicted octanol–water partition coefficient (Wildman–Crippen LogP) is 0.182. The zero-order valence-corrected chi connectivity index (χ0v) is 23.1. The molecule has 3 N–H and O–H groups in total. The molecular formula is C26H30FN9O6. The number of aromatic nitrogens is 4. The molecule has 0 radical (unpaired) electrons. The Morgan fingerprint density at radius 1 is 1.17 bits per heavy atom. The number of barbiturate groups is 1. The Balaban J connectivity index is 1.29. The van der Waals surface area contributed by atoms with Crippen molar-refractivity contribution in [2.75, 3.05) is 56.2 Å². The van der Waals surface area contributed by atoms with Gasteiger partial charge in [-0.15, -0.1) is 0 Å². The Bertz CT molecular complexity index is 1560. The number of hydrogen-bond donors (Lipinski definition) is 3. The van der Waals surface area contributed by atoms with E-state index >= 15 is 4.39 Å². The quantitative estimate of drug-likeness (QED) is 0.349. The number of fused-ring (bicyclic) bond motifs is 5. The summed E-state index contributed by atoms with van der Waals surface area (Å²) in [7, 11) is 0. The van der Waals surface area contributed by atoms with Crippen molar-refractivity contribution in [2.24, 2.45) is 5.41 Å². The molecule has 0 bridgehead atoms. The van der Waals surface area contributed by atoms with Gasteiger partial charge in [-0.2, -0.15) is 14.8 Å². The highest BCUT2D eigenvalue weighted by Gasteiger charge is 2.63. The van der Waals surface area contributed by atoms with Gasteiger partial charge in [0.1, 0.15) is 6.33 Å². The Hall–Kier alpha value is -4.15. The van der Waals surface area contributed by atoms with Gasteiger partial charge < -0.3 is 24.2 Å². The molecule has 0 aliphatic carbocycles. The molecule has 222 valence electrons. The number of benzene rings is 1. The molecule has 7 rings (SSSR count). The summed E-state index contributed by atoms with van der Waals surface area (Å²) in [4.78, 5) is 47.2. The van der Waals surface area contributed by atoms with Gasteiger partial charge in [0, 0.05) is 39.1 Å². The smallest absolute Gasteiger partial charge is 0.328 e. The maximum atomic E-state index is 16.4. The van der Waals surface area contributed by atoms with Crippen LogP contribution >= 0.6 is 0 Å². The van der Waals surface area contributed by atoms with Crippen molar-refractivity contribution in [1.82, 2.24) is 35.5 Å². The Kier molecular flexibility index (Phi) is 6.36. The lowest BCUT2D eigenvalue weighted by molar-refractivity contribution is -0.153. The zero-order valence-electron chi connectivity index (χ0n) is 23.1. The van der Waals surface area contributed by atoms with Crippen LogP contribution in [-0.4, -0.2) is 107 Å². The molecule has 1 spiro atoms. The van der Waals surface area contributed by atoms with Crippen LogP contribution < -0.4 is 20.9 Å². The van der Waals surface area contributed by atoms with Gasteiger partial charge in [0.2, 0.25) is 29.2 Å². The number of morpholine rings is 2. The molecule has 42 heavy (non-hydrogen) atoms. The summed E-state index contributed by atoms with van der Waals surface area (Å²) in [5, 5.41) is 16.5. The average molecular weight is 584 g/mol. The van der Waals surface area contributed by atoms with E-state index in [-0.39, 0.29) is 36.2 Å². The van der Waals surface area contributed by atoms with Gasteiger partial charge in [-0.3, -0.25) is 25.1 Å². The highest BCUT2D eigenvalue weighted by Crippen LogP contribution is 2.49. The number of carbonyl (C=O) groups is 3. The molecule has 4 amide bonds. The lowest BCUT2D eigenvalue weighted by Crippen LogP contribution is -2.75. The molecule has 4 aliphatic heterocycles. The maximum absolute atomic E-state index is 16.4. The van der Waals surface area contributed by atoms with Gasteiger partial charge in [-0.25, -0.2) is 9.18 Å². The molecule has 16 heteroatoms. The first-order chi connectivity index (χ1) is 20.3. The average Bonchev–Trinajstić information content (AvgIpc) is 3.58. The number of nitrogens with one attached hydrogen (secondary N) is 3. The minimum absolute atomic E-state index is 0.0901. The van der Waals surface area contributed by atoms with E-state index in [4.69, 9.17) is 14.0 Å². The summed E-state index contributed by atoms with van der Waals surface area (Å²) in [6.45, 7) is 8.21. The van der Waals surface area contributed by atoms with Crippen LogP contribution in [0.2, 0.25) is 0 Å². The number of halogens is 1. The Morgan fingerprint density at radius 3 is 2.69 bits per heavy atom. The molecule has 15 nitrogen and oxygen atoms in total. The number of ether oxygens (including phenoxy) is 2. The number of hydrogen-bond acceptors (Lipinski definition) is 12. The van der Waals surface area contributed by atoms with E-state index in [2.05, 4.69) is 36.1 Å². The third-order valence-corrected chi connectivity index (χ3v) is 8.51. The van der Waals surface area contributed by atoms with E-state index in [1.165, 1.54) is 11.0 Å². The third-order valence-electron chi connectivity index (χ3n) is 8.51. The van der Waals surface area contributed by atoms with Gasteiger partial charge in [-0.1, -0.05) is 5.16 Å². The monoisotopic (exact) mass is 583 g/mol. The largest absolute Gasteiger partial charge is 0.379 e. The van der Waals surface area contributed by atoms with Crippen LogP contribution in [0.3, 0.4) is 0 Å². The Morgan fingerprint density at radius 2 is 1.93 bits per heavy atom. The van der Waals surface area contributed by atoms with Crippen molar-refractivity contribution in [3.63, 3.8) is 0 Å². The summed E-state index contributed by atoms with van der Waals surface area (Å²) in [5.41, 5.74) is -1.23. The maximum Gasteiger partial charge on any atom is 0.328 e. The third kappa shape index (κ3) is 4.04. The summed E-state index contributed by atoms with van der Waals surface area (Å²) >= 11 is 0. The predicted molar refractivity (Wildman–Crippen MR) is 144 cm³/mol. The van der Waals surface area contributed by atoms with E-state index < -0.39 is 41.2 Å². The van der Waals surface area contributed by atoms with Crippen molar-refractivity contribution >= 4 is 40.5 Å². The highest BCUT2D eigenvalue weighted by molar-refractivity contribution is 6.20. The number of urea groups is 1. The van der Waals surface area contributed by atoms with Crippen LogP contribution in [0.4, 0.5) is 20.8 Å². The van der Waals surface area contributed by atoms with Crippen molar-refractivity contribution < 1.29 is 32.8 Å². The molecule has 3 saturated heterocycles. The van der Waals surface area contributed by atoms with Crippen LogP contribution in [0.25, 0.3) is 16.8 Å². The lowest BCUT2D eigenvalue weighted by atomic mass is 9.66. The molecule has 0 unspecified atom stereocenters. The number of amides is 4. The van der Waals surface area contributed by atoms with Crippen molar-refractivity contribution in [2.45, 2.75) is 38.5 Å². The van der Waals surface area contributed by atoms with Crippen molar-refractivity contribution in [3.8, 4) is 5.82 Å². The first-order valence-electron chi connectivity index (χ1n) is 13.9. The van der Waals surface area contributed by atoms with Crippen LogP contribution in [0.15, 0.2) is 16.9 Å². The standard InChI is InChI=1S/C26H30FN9O6/c1-13-11-35-18-15(10-26(20(35)14(2)41-13)22(37)31-25(39)32-23(26)38)9-16-19(17(18)27)42-33-21(16)36-24(29-12-30-36)28-3-4-34-5-7-40-8-6-34/h9,12-14,20H,3-8,10-11H2,1-2H3,(H,28,29,30)(H2,31,32,37,38,39)/t13-,14+,20-/m1/s1. The molecule has 2 aromatic heterocycles. The fourth-order valence-electron chi connectivity index (χ4n) is 6.76. The van der Waals surface area contributed by atoms with Gasteiger partial charge in [-0.05, 0) is 25.5 Å². The molecule has 3 aromatic rings. The van der Waals surface area contributed by atoms with Crippen molar-refractivity contribution in [3.05, 3.63) is 23.8 Å². The normalized spacial score (nSPS) is 25.7. The second-order valence-electron chi connectivity index (χ2n) is 11.1. The second kappa shape index (κ2) is 9.99. The number of imide groups is 2. The highest BCUT2D eigenvalue weighted by atomic mass is 19.1. The molecule has 6 heterocycles. The lowest BCUT2D eigenvalue weighted by Gasteiger charge is -2.55. The SMILES string of the molecule is C[C@@H]1CN2c3c(cc4c(-n5ncnc5NCCN5CCOCC5)noc4c3F)CC3(C(=O)NC(=O)NC3=O)[C@H]2[C@H](C)O1. The van der Waals surface area contributed by atoms with Gasteiger partial charge in [0.05, 0.1) is 42.5 Å². The number of anilines is 2. The first kappa shape index (κ1) is 26.7. The first-order valence-corrected chi connectivity index (χ1v) is 13.9. The number of nitrogens with zero attached hydrogens (tertiary/aromatic N) is 6. The molecule has 4 aliphatic rings. The molecule has 3 fully saturated rings. The molecular weight excluding hydrogens is 553 g/mol. The van der Waals surface area contributed by atoms with E-state index in [1.807, 2.05) is 6.92 Å². The zero-order chi connectivity index (χ0) is 29.2. The summed E-state index contributed by atoms with van der Waals surface area (Å²) in [6.07, 6.45) is 0.233.